The molecule has 5 nitrogen and oxygen atoms in total. The number of nitrogens with zero attached hydrogens (tertiary/aromatic N) is 1. The van der Waals surface area contributed by atoms with Gasteiger partial charge in [-0.1, -0.05) is 42.5 Å². The summed E-state index contributed by atoms with van der Waals surface area (Å²) in [6, 6.07) is 18.2. The summed E-state index contributed by atoms with van der Waals surface area (Å²) in [4.78, 5) is 12.1. The molecular formula is C22H26NO4-. The molecule has 2 unspecified atom stereocenters. The minimum atomic E-state index is -1.22. The number of aryl methyl sites for hydroxylation is 1. The molecule has 0 radical (unpaired) electrons. The van der Waals surface area contributed by atoms with E-state index in [4.69, 9.17) is 4.74 Å². The van der Waals surface area contributed by atoms with Gasteiger partial charge >= 0.3 is 0 Å². The van der Waals surface area contributed by atoms with E-state index in [1.165, 1.54) is 5.56 Å². The number of benzene rings is 2. The lowest BCUT2D eigenvalue weighted by atomic mass is 9.87. The van der Waals surface area contributed by atoms with E-state index < -0.39 is 12.2 Å². The third-order valence-electron chi connectivity index (χ3n) is 5.12. The van der Waals surface area contributed by atoms with Crippen LogP contribution in [0.3, 0.4) is 0 Å². The first kappa shape index (κ1) is 19.2. The summed E-state index contributed by atoms with van der Waals surface area (Å²) in [5.41, 5.74) is 2.36. The average Bonchev–Trinajstić information content (AvgIpc) is 2.69. The maximum atomic E-state index is 10.9. The van der Waals surface area contributed by atoms with Gasteiger partial charge in [0.2, 0.25) is 0 Å². The number of unbranched alkanes of at least 4 members (excludes halogenated alkanes) is 1. The molecule has 0 aromatic heterocycles. The number of likely N-dealkylation sites (tertiary alicyclic amines) is 1. The van der Waals surface area contributed by atoms with Crippen LogP contribution in [-0.2, 0) is 6.42 Å². The minimum Gasteiger partial charge on any atom is -0.530 e. The first-order valence-electron chi connectivity index (χ1n) is 9.54. The molecule has 1 aliphatic rings. The van der Waals surface area contributed by atoms with E-state index in [0.29, 0.717) is 19.6 Å². The van der Waals surface area contributed by atoms with E-state index in [0.717, 1.165) is 35.5 Å². The Labute approximate surface area is 160 Å². The van der Waals surface area contributed by atoms with Gasteiger partial charge in [0.25, 0.3) is 0 Å². The summed E-state index contributed by atoms with van der Waals surface area (Å²) < 4.78 is 5.80. The molecule has 1 aliphatic heterocycles. The van der Waals surface area contributed by atoms with Gasteiger partial charge in [0.05, 0.1) is 12.7 Å². The first-order valence-corrected chi connectivity index (χ1v) is 9.54. The van der Waals surface area contributed by atoms with Crippen LogP contribution in [-0.4, -0.2) is 41.9 Å². The number of carbonyl (C=O) groups is 1. The maximum Gasteiger partial charge on any atom is 0.137 e. The van der Waals surface area contributed by atoms with E-state index in [9.17, 15) is 15.0 Å². The summed E-state index contributed by atoms with van der Waals surface area (Å²) in [6.07, 6.45) is 1.81. The molecule has 1 saturated heterocycles. The smallest absolute Gasteiger partial charge is 0.137 e. The monoisotopic (exact) mass is 368 g/mol. The van der Waals surface area contributed by atoms with Crippen molar-refractivity contribution in [2.45, 2.75) is 37.7 Å². The van der Waals surface area contributed by atoms with Crippen LogP contribution in [0.2, 0.25) is 0 Å². The molecule has 0 bridgehead atoms. The summed E-state index contributed by atoms with van der Waals surface area (Å²) in [5.74, 6) is 0.764. The normalized spacial score (nSPS) is 19.7. The molecule has 1 amide bonds. The molecule has 2 aromatic rings. The Hall–Kier alpha value is -2.53. The summed E-state index contributed by atoms with van der Waals surface area (Å²) in [5, 5.41) is 21.1. The highest BCUT2D eigenvalue weighted by molar-refractivity contribution is 5.62. The standard InChI is InChI=1S/C22H27NO4/c24-21-16-23(22(25)26)14-13-20(21)18-9-11-19(12-10-18)27-15-5-4-8-17-6-2-1-3-7-17/h1-3,6-7,9-12,20-21,24H,4-5,8,13-16H2,(H,25,26)/p-1. The van der Waals surface area contributed by atoms with Crippen LogP contribution in [0.15, 0.2) is 54.6 Å². The highest BCUT2D eigenvalue weighted by Crippen LogP contribution is 2.29. The summed E-state index contributed by atoms with van der Waals surface area (Å²) in [6.45, 7) is 1.18. The maximum absolute atomic E-state index is 10.9. The number of hydrogen-bond acceptors (Lipinski definition) is 4. The molecule has 2 atom stereocenters. The Kier molecular flexibility index (Phi) is 6.71. The van der Waals surface area contributed by atoms with E-state index >= 15 is 0 Å². The number of β-amino-alcohol motifs (C(OH)–C–C–N with tert-alkyl or cyclic N) is 1. The highest BCUT2D eigenvalue weighted by atomic mass is 16.5. The number of carbonyl (C=O) groups excluding carboxylic acids is 1. The largest absolute Gasteiger partial charge is 0.530 e. The van der Waals surface area contributed by atoms with Gasteiger partial charge in [-0.3, -0.25) is 0 Å². The number of piperidine rings is 1. The third-order valence-corrected chi connectivity index (χ3v) is 5.12. The fraction of sp³-hybridized carbons (Fsp3) is 0.409. The molecule has 144 valence electrons. The van der Waals surface area contributed by atoms with Crippen molar-refractivity contribution in [3.8, 4) is 5.75 Å². The van der Waals surface area contributed by atoms with Crippen LogP contribution >= 0.6 is 0 Å². The first-order chi connectivity index (χ1) is 13.1. The number of ether oxygens (including phenoxy) is 1. The second-order valence-corrected chi connectivity index (χ2v) is 7.03. The predicted octanol–water partition coefficient (Wildman–Crippen LogP) is 2.58. The lowest BCUT2D eigenvalue weighted by Gasteiger charge is -2.37. The molecule has 5 heteroatoms. The van der Waals surface area contributed by atoms with Gasteiger partial charge in [-0.2, -0.15) is 0 Å². The van der Waals surface area contributed by atoms with Gasteiger partial charge < -0.3 is 24.6 Å². The Morgan fingerprint density at radius 3 is 2.52 bits per heavy atom. The molecule has 0 spiro atoms. The van der Waals surface area contributed by atoms with Gasteiger partial charge in [-0.25, -0.2) is 0 Å². The number of carboxylic acid groups (broad SMARTS) is 1. The minimum absolute atomic E-state index is 0.0551. The quantitative estimate of drug-likeness (QED) is 0.763. The van der Waals surface area contributed by atoms with Gasteiger partial charge in [-0.05, 0) is 48.9 Å². The molecular weight excluding hydrogens is 342 g/mol. The zero-order valence-corrected chi connectivity index (χ0v) is 15.4. The molecule has 1 heterocycles. The van der Waals surface area contributed by atoms with Crippen molar-refractivity contribution in [2.75, 3.05) is 19.7 Å². The highest BCUT2D eigenvalue weighted by Gasteiger charge is 2.28. The molecule has 0 aliphatic carbocycles. The van der Waals surface area contributed by atoms with Crippen LogP contribution in [0.1, 0.15) is 36.3 Å². The summed E-state index contributed by atoms with van der Waals surface area (Å²) in [7, 11) is 0. The van der Waals surface area contributed by atoms with Gasteiger partial charge in [0, 0.05) is 19.0 Å². The van der Waals surface area contributed by atoms with E-state index in [-0.39, 0.29) is 12.5 Å². The third kappa shape index (κ3) is 5.47. The second kappa shape index (κ2) is 9.42. The number of aliphatic hydroxyl groups is 1. The predicted molar refractivity (Wildman–Crippen MR) is 102 cm³/mol. The van der Waals surface area contributed by atoms with Crippen molar-refractivity contribution >= 4 is 6.09 Å². The fourth-order valence-corrected chi connectivity index (χ4v) is 3.56. The van der Waals surface area contributed by atoms with Crippen molar-refractivity contribution < 1.29 is 19.7 Å². The van der Waals surface area contributed by atoms with Crippen molar-refractivity contribution in [3.05, 3.63) is 65.7 Å². The van der Waals surface area contributed by atoms with Gasteiger partial charge in [-0.15, -0.1) is 0 Å². The lowest BCUT2D eigenvalue weighted by molar-refractivity contribution is -0.268. The molecule has 2 aromatic carbocycles. The Balaban J connectivity index is 1.41. The number of aliphatic hydroxyl groups excluding tert-OH is 1. The topological polar surface area (TPSA) is 72.8 Å². The van der Waals surface area contributed by atoms with Crippen molar-refractivity contribution in [1.29, 1.82) is 0 Å². The average molecular weight is 368 g/mol. The number of rotatable bonds is 7. The van der Waals surface area contributed by atoms with Crippen molar-refractivity contribution in [3.63, 3.8) is 0 Å². The van der Waals surface area contributed by atoms with E-state index in [1.807, 2.05) is 30.3 Å². The molecule has 27 heavy (non-hydrogen) atoms. The second-order valence-electron chi connectivity index (χ2n) is 7.03. The van der Waals surface area contributed by atoms with Crippen LogP contribution in [0.25, 0.3) is 0 Å². The zero-order chi connectivity index (χ0) is 19.1. The van der Waals surface area contributed by atoms with Crippen LogP contribution < -0.4 is 9.84 Å². The molecule has 3 rings (SSSR count). The van der Waals surface area contributed by atoms with Crippen LogP contribution in [0.5, 0.6) is 5.75 Å². The summed E-state index contributed by atoms with van der Waals surface area (Å²) >= 11 is 0. The van der Waals surface area contributed by atoms with Crippen molar-refractivity contribution in [1.82, 2.24) is 4.90 Å². The Bertz CT molecular complexity index is 717. The molecule has 0 saturated carbocycles. The SMILES string of the molecule is O=C([O-])N1CCC(c2ccc(OCCCCc3ccccc3)cc2)C(O)C1. The number of hydrogen-bond donors (Lipinski definition) is 1. The van der Waals surface area contributed by atoms with Gasteiger partial charge in [0.1, 0.15) is 11.8 Å². The number of amides is 1. The van der Waals surface area contributed by atoms with E-state index in [2.05, 4.69) is 24.3 Å². The van der Waals surface area contributed by atoms with Gasteiger partial charge in [0.15, 0.2) is 0 Å². The molecule has 1 fully saturated rings. The Morgan fingerprint density at radius 2 is 1.85 bits per heavy atom. The zero-order valence-electron chi connectivity index (χ0n) is 15.4. The van der Waals surface area contributed by atoms with Crippen LogP contribution in [0.4, 0.5) is 4.79 Å². The Morgan fingerprint density at radius 1 is 1.11 bits per heavy atom. The van der Waals surface area contributed by atoms with Crippen molar-refractivity contribution in [2.24, 2.45) is 0 Å². The van der Waals surface area contributed by atoms with Crippen LogP contribution in [0, 0.1) is 0 Å². The van der Waals surface area contributed by atoms with E-state index in [1.54, 1.807) is 0 Å². The molecule has 1 N–H and O–H groups in total. The lowest BCUT2D eigenvalue weighted by Crippen LogP contribution is -2.50. The fourth-order valence-electron chi connectivity index (χ4n) is 3.56.